The Morgan fingerprint density at radius 1 is 1.19 bits per heavy atom. The lowest BCUT2D eigenvalue weighted by molar-refractivity contribution is 0.0955. The van der Waals surface area contributed by atoms with Crippen molar-refractivity contribution in [3.63, 3.8) is 0 Å². The number of nitrogens with zero attached hydrogens (tertiary/aromatic N) is 2. The Hall–Kier alpha value is -3.46. The molecule has 0 bridgehead atoms. The monoisotopic (exact) mass is 349 g/mol. The molecule has 1 amide bonds. The van der Waals surface area contributed by atoms with Crippen LogP contribution in [0.3, 0.4) is 0 Å². The second kappa shape index (κ2) is 8.08. The maximum Gasteiger partial charge on any atom is 0.259 e. The number of hydrogen-bond donors (Lipinski definition) is 1. The van der Waals surface area contributed by atoms with Crippen LogP contribution in [0.4, 0.5) is 0 Å². The molecule has 0 radical (unpaired) electrons. The molecule has 1 aromatic heterocycles. The summed E-state index contributed by atoms with van der Waals surface area (Å²) in [5.74, 6) is 6.58. The van der Waals surface area contributed by atoms with E-state index in [-0.39, 0.29) is 24.9 Å². The highest BCUT2D eigenvalue weighted by Gasteiger charge is 2.15. The van der Waals surface area contributed by atoms with Crippen LogP contribution in [0.25, 0.3) is 10.8 Å². The number of aromatic nitrogens is 2. The topological polar surface area (TPSA) is 65.4 Å². The van der Waals surface area contributed by atoms with Crippen molar-refractivity contribution in [1.82, 2.24) is 15.1 Å². The standard InChI is InChI=1S/C20H19N3O3/c1-23-14-17(20(22-23)25-2)19(24)21-12-5-6-13-26-18-11-7-9-15-8-3-4-10-16(15)18/h3-4,7-11,14H,12-13H2,1-2H3,(H,21,24). The number of benzene rings is 2. The van der Waals surface area contributed by atoms with Gasteiger partial charge in [-0.3, -0.25) is 9.48 Å². The predicted molar refractivity (Wildman–Crippen MR) is 99.3 cm³/mol. The Morgan fingerprint density at radius 2 is 2.00 bits per heavy atom. The molecule has 0 aliphatic carbocycles. The lowest BCUT2D eigenvalue weighted by atomic mass is 10.1. The number of hydrogen-bond acceptors (Lipinski definition) is 4. The molecule has 26 heavy (non-hydrogen) atoms. The van der Waals surface area contributed by atoms with Gasteiger partial charge in [0, 0.05) is 18.6 Å². The minimum Gasteiger partial charge on any atom is -0.480 e. The fourth-order valence-corrected chi connectivity index (χ4v) is 2.54. The molecule has 0 aliphatic heterocycles. The zero-order valence-electron chi connectivity index (χ0n) is 14.7. The van der Waals surface area contributed by atoms with Gasteiger partial charge in [0.15, 0.2) is 0 Å². The Bertz CT molecular complexity index is 977. The zero-order chi connectivity index (χ0) is 18.4. The highest BCUT2D eigenvalue weighted by molar-refractivity contribution is 5.96. The molecule has 0 saturated heterocycles. The Kier molecular flexibility index (Phi) is 5.40. The number of amides is 1. The fourth-order valence-electron chi connectivity index (χ4n) is 2.54. The molecule has 0 fully saturated rings. The molecule has 3 rings (SSSR count). The third kappa shape index (κ3) is 3.95. The molecule has 6 heteroatoms. The fraction of sp³-hybridized carbons (Fsp3) is 0.200. The second-order valence-electron chi connectivity index (χ2n) is 5.53. The average Bonchev–Trinajstić information content (AvgIpc) is 3.05. The first kappa shape index (κ1) is 17.4. The van der Waals surface area contributed by atoms with E-state index < -0.39 is 0 Å². The third-order valence-corrected chi connectivity index (χ3v) is 3.74. The molecule has 0 saturated carbocycles. The minimum atomic E-state index is -0.278. The van der Waals surface area contributed by atoms with Crippen LogP contribution in [-0.4, -0.2) is 35.9 Å². The van der Waals surface area contributed by atoms with Crippen molar-refractivity contribution in [3.8, 4) is 23.5 Å². The van der Waals surface area contributed by atoms with Crippen molar-refractivity contribution >= 4 is 16.7 Å². The van der Waals surface area contributed by atoms with Crippen LogP contribution >= 0.6 is 0 Å². The number of fused-ring (bicyclic) bond motifs is 1. The van der Waals surface area contributed by atoms with Crippen LogP contribution in [0.2, 0.25) is 0 Å². The van der Waals surface area contributed by atoms with Crippen molar-refractivity contribution in [2.24, 2.45) is 7.05 Å². The Morgan fingerprint density at radius 3 is 2.85 bits per heavy atom. The van der Waals surface area contributed by atoms with Gasteiger partial charge in [-0.15, -0.1) is 5.10 Å². The van der Waals surface area contributed by atoms with E-state index in [1.807, 2.05) is 42.5 Å². The first-order valence-corrected chi connectivity index (χ1v) is 8.11. The smallest absolute Gasteiger partial charge is 0.259 e. The minimum absolute atomic E-state index is 0.218. The normalized spacial score (nSPS) is 10.1. The molecular weight excluding hydrogens is 330 g/mol. The summed E-state index contributed by atoms with van der Waals surface area (Å²) >= 11 is 0. The van der Waals surface area contributed by atoms with Crippen molar-refractivity contribution in [1.29, 1.82) is 0 Å². The molecule has 2 aromatic carbocycles. The van der Waals surface area contributed by atoms with E-state index >= 15 is 0 Å². The molecule has 1 heterocycles. The van der Waals surface area contributed by atoms with Crippen molar-refractivity contribution < 1.29 is 14.3 Å². The zero-order valence-corrected chi connectivity index (χ0v) is 14.7. The van der Waals surface area contributed by atoms with E-state index in [0.717, 1.165) is 16.5 Å². The van der Waals surface area contributed by atoms with Crippen LogP contribution in [0.5, 0.6) is 11.6 Å². The summed E-state index contributed by atoms with van der Waals surface area (Å²) in [5, 5.41) is 8.93. The second-order valence-corrected chi connectivity index (χ2v) is 5.53. The van der Waals surface area contributed by atoms with Crippen LogP contribution < -0.4 is 14.8 Å². The van der Waals surface area contributed by atoms with E-state index in [1.165, 1.54) is 11.8 Å². The first-order valence-electron chi connectivity index (χ1n) is 8.11. The maximum atomic E-state index is 12.1. The summed E-state index contributed by atoms with van der Waals surface area (Å²) in [7, 11) is 3.20. The van der Waals surface area contributed by atoms with Gasteiger partial charge in [0.05, 0.1) is 13.7 Å². The van der Waals surface area contributed by atoms with Gasteiger partial charge in [-0.25, -0.2) is 0 Å². The van der Waals surface area contributed by atoms with Crippen LogP contribution in [0.1, 0.15) is 10.4 Å². The van der Waals surface area contributed by atoms with Gasteiger partial charge in [0.25, 0.3) is 5.91 Å². The summed E-state index contributed by atoms with van der Waals surface area (Å²) in [6.07, 6.45) is 1.60. The highest BCUT2D eigenvalue weighted by Crippen LogP contribution is 2.24. The molecule has 0 atom stereocenters. The van der Waals surface area contributed by atoms with E-state index in [2.05, 4.69) is 22.3 Å². The van der Waals surface area contributed by atoms with Gasteiger partial charge in [0.1, 0.15) is 17.9 Å². The van der Waals surface area contributed by atoms with Crippen molar-refractivity contribution in [3.05, 3.63) is 54.2 Å². The van der Waals surface area contributed by atoms with Gasteiger partial charge in [-0.05, 0) is 11.5 Å². The number of ether oxygens (including phenoxy) is 2. The number of methoxy groups -OCH3 is 1. The summed E-state index contributed by atoms with van der Waals surface area (Å²) in [4.78, 5) is 12.1. The SMILES string of the molecule is COc1nn(C)cc1C(=O)NCC#CCOc1cccc2ccccc12. The summed E-state index contributed by atoms with van der Waals surface area (Å²) in [6, 6.07) is 13.9. The number of carbonyl (C=O) groups is 1. The third-order valence-electron chi connectivity index (χ3n) is 3.74. The van der Waals surface area contributed by atoms with E-state index in [0.29, 0.717) is 5.56 Å². The summed E-state index contributed by atoms with van der Waals surface area (Å²) in [6.45, 7) is 0.468. The van der Waals surface area contributed by atoms with Gasteiger partial charge in [0.2, 0.25) is 5.88 Å². The van der Waals surface area contributed by atoms with Crippen LogP contribution in [0.15, 0.2) is 48.7 Å². The van der Waals surface area contributed by atoms with Crippen molar-refractivity contribution in [2.45, 2.75) is 0 Å². The Balaban J connectivity index is 1.52. The van der Waals surface area contributed by atoms with Crippen molar-refractivity contribution in [2.75, 3.05) is 20.3 Å². The predicted octanol–water partition coefficient (Wildman–Crippen LogP) is 2.39. The number of rotatable bonds is 5. The van der Waals surface area contributed by atoms with Crippen LogP contribution in [-0.2, 0) is 7.05 Å². The first-order chi connectivity index (χ1) is 12.7. The lowest BCUT2D eigenvalue weighted by Gasteiger charge is -2.06. The average molecular weight is 349 g/mol. The summed E-state index contributed by atoms with van der Waals surface area (Å²) in [5.41, 5.74) is 0.379. The van der Waals surface area contributed by atoms with Gasteiger partial charge >= 0.3 is 0 Å². The molecule has 0 unspecified atom stereocenters. The highest BCUT2D eigenvalue weighted by atomic mass is 16.5. The van der Waals surface area contributed by atoms with E-state index in [9.17, 15) is 4.79 Å². The van der Waals surface area contributed by atoms with Gasteiger partial charge < -0.3 is 14.8 Å². The van der Waals surface area contributed by atoms with E-state index in [4.69, 9.17) is 9.47 Å². The Labute approximate surface area is 151 Å². The summed E-state index contributed by atoms with van der Waals surface area (Å²) < 4.78 is 12.3. The van der Waals surface area contributed by atoms with Gasteiger partial charge in [-0.1, -0.05) is 48.2 Å². The quantitative estimate of drug-likeness (QED) is 0.719. The number of carbonyl (C=O) groups excluding carboxylic acids is 1. The van der Waals surface area contributed by atoms with Gasteiger partial charge in [-0.2, -0.15) is 0 Å². The molecular formula is C20H19N3O3. The lowest BCUT2D eigenvalue weighted by Crippen LogP contribution is -2.23. The number of nitrogens with one attached hydrogen (secondary N) is 1. The molecule has 1 N–H and O–H groups in total. The van der Waals surface area contributed by atoms with Crippen LogP contribution in [0, 0.1) is 11.8 Å². The molecule has 0 spiro atoms. The molecule has 6 nitrogen and oxygen atoms in total. The molecule has 132 valence electrons. The molecule has 3 aromatic rings. The largest absolute Gasteiger partial charge is 0.480 e. The maximum absolute atomic E-state index is 12.1. The van der Waals surface area contributed by atoms with E-state index in [1.54, 1.807) is 13.2 Å². The molecule has 0 aliphatic rings. The number of aryl methyl sites for hydroxylation is 1.